The van der Waals surface area contributed by atoms with Crippen molar-refractivity contribution in [2.24, 2.45) is 5.92 Å². The van der Waals surface area contributed by atoms with Crippen molar-refractivity contribution < 1.29 is 13.2 Å². The van der Waals surface area contributed by atoms with Crippen molar-refractivity contribution in [2.45, 2.75) is 44.4 Å². The van der Waals surface area contributed by atoms with Crippen LogP contribution in [0.1, 0.15) is 49.9 Å². The van der Waals surface area contributed by atoms with Gasteiger partial charge in [0.2, 0.25) is 10.0 Å². The summed E-state index contributed by atoms with van der Waals surface area (Å²) in [6, 6.07) is 5.86. The van der Waals surface area contributed by atoms with Gasteiger partial charge in [-0.2, -0.15) is 0 Å². The van der Waals surface area contributed by atoms with Crippen LogP contribution < -0.4 is 16.2 Å². The van der Waals surface area contributed by atoms with Crippen molar-refractivity contribution in [1.82, 2.24) is 20.5 Å². The van der Waals surface area contributed by atoms with Crippen LogP contribution >= 0.6 is 12.2 Å². The van der Waals surface area contributed by atoms with Crippen LogP contribution in [0.2, 0.25) is 0 Å². The summed E-state index contributed by atoms with van der Waals surface area (Å²) in [6.07, 6.45) is 4.55. The second kappa shape index (κ2) is 11.2. The van der Waals surface area contributed by atoms with Crippen LogP contribution in [0.3, 0.4) is 0 Å². The summed E-state index contributed by atoms with van der Waals surface area (Å²) in [4.78, 5) is 12.3. The smallest absolute Gasteiger partial charge is 0.269 e. The van der Waals surface area contributed by atoms with Gasteiger partial charge in [0.05, 0.1) is 4.90 Å². The highest BCUT2D eigenvalue weighted by atomic mass is 32.2. The van der Waals surface area contributed by atoms with E-state index in [2.05, 4.69) is 30.0 Å². The van der Waals surface area contributed by atoms with E-state index in [9.17, 15) is 13.2 Å². The van der Waals surface area contributed by atoms with Gasteiger partial charge in [-0.3, -0.25) is 15.6 Å². The number of carbonyl (C=O) groups excluding carboxylic acids is 1. The van der Waals surface area contributed by atoms with E-state index in [1.807, 2.05) is 0 Å². The van der Waals surface area contributed by atoms with Gasteiger partial charge in [0.15, 0.2) is 5.11 Å². The van der Waals surface area contributed by atoms with E-state index in [0.29, 0.717) is 11.0 Å². The highest BCUT2D eigenvalue weighted by molar-refractivity contribution is 7.89. The molecule has 0 saturated carbocycles. The molecular weight excluding hydrogens is 384 g/mol. The molecule has 1 aromatic rings. The number of amides is 1. The summed E-state index contributed by atoms with van der Waals surface area (Å²) < 4.78 is 25.4. The number of unbranched alkanes of at least 4 members (excludes halogenated alkanes) is 1. The van der Waals surface area contributed by atoms with Gasteiger partial charge in [0, 0.05) is 26.2 Å². The molecule has 1 rings (SSSR count). The van der Waals surface area contributed by atoms with Gasteiger partial charge < -0.3 is 5.32 Å². The summed E-state index contributed by atoms with van der Waals surface area (Å²) in [6.45, 7) is 5.06. The summed E-state index contributed by atoms with van der Waals surface area (Å²) in [5.41, 5.74) is 5.37. The number of nitrogens with one attached hydrogen (secondary N) is 3. The Labute approximate surface area is 167 Å². The fourth-order valence-electron chi connectivity index (χ4n) is 2.42. The Balaban J connectivity index is 2.59. The third-order valence-electron chi connectivity index (χ3n) is 4.26. The van der Waals surface area contributed by atoms with Gasteiger partial charge in [-0.05, 0) is 42.8 Å². The van der Waals surface area contributed by atoms with E-state index in [4.69, 9.17) is 12.2 Å². The summed E-state index contributed by atoms with van der Waals surface area (Å²) in [5, 5.41) is 3.43. The van der Waals surface area contributed by atoms with Crippen LogP contribution in [0.15, 0.2) is 29.2 Å². The molecule has 0 saturated heterocycles. The largest absolute Gasteiger partial charge is 0.361 e. The van der Waals surface area contributed by atoms with E-state index >= 15 is 0 Å². The van der Waals surface area contributed by atoms with E-state index in [1.54, 1.807) is 6.07 Å². The van der Waals surface area contributed by atoms with Crippen LogP contribution in [-0.2, 0) is 10.0 Å². The Kier molecular flexibility index (Phi) is 9.68. The summed E-state index contributed by atoms with van der Waals surface area (Å²) in [7, 11) is -0.714. The number of carbonyl (C=O) groups is 1. The van der Waals surface area contributed by atoms with Crippen molar-refractivity contribution >= 4 is 33.3 Å². The minimum Gasteiger partial charge on any atom is -0.361 e. The highest BCUT2D eigenvalue weighted by Crippen LogP contribution is 2.14. The van der Waals surface area contributed by atoms with Crippen LogP contribution in [0, 0.1) is 5.92 Å². The van der Waals surface area contributed by atoms with Gasteiger partial charge in [-0.1, -0.05) is 39.2 Å². The quantitative estimate of drug-likeness (QED) is 0.424. The Bertz CT molecular complexity index is 736. The van der Waals surface area contributed by atoms with Crippen LogP contribution in [0.5, 0.6) is 0 Å². The fraction of sp³-hybridized carbons (Fsp3) is 0.556. The zero-order valence-corrected chi connectivity index (χ0v) is 18.0. The average molecular weight is 415 g/mol. The zero-order chi connectivity index (χ0) is 20.4. The first kappa shape index (κ1) is 23.3. The average Bonchev–Trinajstić information content (AvgIpc) is 2.66. The van der Waals surface area contributed by atoms with Crippen LogP contribution in [0.4, 0.5) is 0 Å². The van der Waals surface area contributed by atoms with Crippen molar-refractivity contribution in [3.05, 3.63) is 29.8 Å². The lowest BCUT2D eigenvalue weighted by Gasteiger charge is -2.17. The van der Waals surface area contributed by atoms with Gasteiger partial charge in [0.1, 0.15) is 0 Å². The van der Waals surface area contributed by atoms with E-state index < -0.39 is 15.9 Å². The topological polar surface area (TPSA) is 90.5 Å². The molecule has 0 aromatic heterocycles. The first-order valence-electron chi connectivity index (χ1n) is 9.09. The summed E-state index contributed by atoms with van der Waals surface area (Å²) in [5.74, 6) is 0.0707. The number of hydrogen-bond acceptors (Lipinski definition) is 4. The molecule has 9 heteroatoms. The molecule has 0 bridgehead atoms. The number of benzene rings is 1. The van der Waals surface area contributed by atoms with Gasteiger partial charge in [0.25, 0.3) is 5.91 Å². The van der Waals surface area contributed by atoms with Crippen molar-refractivity contribution in [1.29, 1.82) is 0 Å². The molecule has 0 spiro atoms. The van der Waals surface area contributed by atoms with Crippen molar-refractivity contribution in [3.8, 4) is 0 Å². The number of hydrazine groups is 1. The lowest BCUT2D eigenvalue weighted by molar-refractivity contribution is 0.0943. The Morgan fingerprint density at radius 2 is 1.93 bits per heavy atom. The SMILES string of the molecule is CCCC[C@@H](CC)CNC(=S)NNC(=O)c1cccc(S(=O)(=O)N(C)C)c1. The second-order valence-corrected chi connectivity index (χ2v) is 9.08. The van der Waals surface area contributed by atoms with E-state index in [0.717, 1.165) is 30.1 Å². The highest BCUT2D eigenvalue weighted by Gasteiger charge is 2.18. The standard InChI is InChI=1S/C18H30N4O3S2/c1-5-7-9-14(6-2)13-19-18(26)21-20-17(23)15-10-8-11-16(12-15)27(24,25)22(3)4/h8,10-12,14H,5-7,9,13H2,1-4H3,(H,20,23)(H2,19,21,26)/t14-/m1/s1. The maximum absolute atomic E-state index is 12.3. The molecule has 0 aliphatic carbocycles. The third-order valence-corrected chi connectivity index (χ3v) is 6.32. The number of nitrogens with zero attached hydrogens (tertiary/aromatic N) is 1. The minimum absolute atomic E-state index is 0.0579. The number of rotatable bonds is 9. The van der Waals surface area contributed by atoms with Crippen molar-refractivity contribution in [2.75, 3.05) is 20.6 Å². The van der Waals surface area contributed by atoms with Gasteiger partial charge >= 0.3 is 0 Å². The number of sulfonamides is 1. The molecule has 0 fully saturated rings. The Hall–Kier alpha value is -1.71. The molecule has 3 N–H and O–H groups in total. The Morgan fingerprint density at radius 1 is 1.22 bits per heavy atom. The number of hydrogen-bond donors (Lipinski definition) is 3. The van der Waals surface area contributed by atoms with Gasteiger partial charge in [-0.15, -0.1) is 0 Å². The molecule has 1 amide bonds. The first-order valence-corrected chi connectivity index (χ1v) is 10.9. The predicted molar refractivity (Wildman–Crippen MR) is 112 cm³/mol. The molecule has 0 aliphatic rings. The molecule has 0 unspecified atom stereocenters. The minimum atomic E-state index is -3.60. The van der Waals surface area contributed by atoms with E-state index in [-0.39, 0.29) is 10.5 Å². The second-order valence-electron chi connectivity index (χ2n) is 6.52. The Morgan fingerprint density at radius 3 is 2.52 bits per heavy atom. The molecule has 1 atom stereocenters. The van der Waals surface area contributed by atoms with Crippen LogP contribution in [0.25, 0.3) is 0 Å². The molecular formula is C18H30N4O3S2. The normalized spacial score (nSPS) is 12.5. The third kappa shape index (κ3) is 7.43. The maximum Gasteiger partial charge on any atom is 0.269 e. The fourth-order valence-corrected chi connectivity index (χ4v) is 3.50. The lowest BCUT2D eigenvalue weighted by Crippen LogP contribution is -2.47. The number of thiocarbonyl (C=S) groups is 1. The molecule has 27 heavy (non-hydrogen) atoms. The molecule has 152 valence electrons. The zero-order valence-electron chi connectivity index (χ0n) is 16.4. The van der Waals surface area contributed by atoms with Gasteiger partial charge in [-0.25, -0.2) is 12.7 Å². The predicted octanol–water partition coefficient (Wildman–Crippen LogP) is 2.26. The maximum atomic E-state index is 12.3. The lowest BCUT2D eigenvalue weighted by atomic mass is 9.99. The molecule has 0 radical (unpaired) electrons. The van der Waals surface area contributed by atoms with Crippen LogP contribution in [-0.4, -0.2) is 44.4 Å². The molecule has 1 aromatic carbocycles. The van der Waals surface area contributed by atoms with Crippen molar-refractivity contribution in [3.63, 3.8) is 0 Å². The first-order chi connectivity index (χ1) is 12.7. The molecule has 0 aliphatic heterocycles. The van der Waals surface area contributed by atoms with E-state index in [1.165, 1.54) is 38.7 Å². The summed E-state index contributed by atoms with van der Waals surface area (Å²) >= 11 is 5.18. The molecule has 0 heterocycles. The monoisotopic (exact) mass is 414 g/mol. The molecule has 7 nitrogen and oxygen atoms in total.